The summed E-state index contributed by atoms with van der Waals surface area (Å²) in [6.07, 6.45) is 4.73. The highest BCUT2D eigenvalue weighted by Crippen LogP contribution is 2.07. The highest BCUT2D eigenvalue weighted by atomic mass is 16.5. The zero-order valence-electron chi connectivity index (χ0n) is 10.8. The maximum Gasteiger partial charge on any atom is 0.0489 e. The van der Waals surface area contributed by atoms with Gasteiger partial charge in [0.05, 0.1) is 0 Å². The summed E-state index contributed by atoms with van der Waals surface area (Å²) < 4.78 is 11.0. The van der Waals surface area contributed by atoms with Gasteiger partial charge in [0.1, 0.15) is 0 Å². The molecule has 0 aliphatic carbocycles. The first-order valence-corrected chi connectivity index (χ1v) is 6.68. The lowest BCUT2D eigenvalue weighted by Gasteiger charge is -2.15. The fraction of sp³-hybridized carbons (Fsp3) is 1.00. The van der Waals surface area contributed by atoms with Crippen LogP contribution in [0.5, 0.6) is 0 Å². The monoisotopic (exact) mass is 229 g/mol. The zero-order valence-corrected chi connectivity index (χ0v) is 10.8. The van der Waals surface area contributed by atoms with E-state index in [2.05, 4.69) is 19.2 Å². The lowest BCUT2D eigenvalue weighted by Crippen LogP contribution is -2.30. The van der Waals surface area contributed by atoms with E-state index in [1.54, 1.807) is 0 Å². The first-order chi connectivity index (χ1) is 7.79. The molecule has 1 aliphatic rings. The molecule has 1 rings (SSSR count). The van der Waals surface area contributed by atoms with Gasteiger partial charge in [-0.2, -0.15) is 0 Å². The van der Waals surface area contributed by atoms with Gasteiger partial charge >= 0.3 is 0 Å². The summed E-state index contributed by atoms with van der Waals surface area (Å²) in [4.78, 5) is 0. The molecule has 1 unspecified atom stereocenters. The highest BCUT2D eigenvalue weighted by Gasteiger charge is 2.10. The molecule has 0 aromatic rings. The predicted molar refractivity (Wildman–Crippen MR) is 66.7 cm³/mol. The summed E-state index contributed by atoms with van der Waals surface area (Å²) in [6, 6.07) is 0.660. The van der Waals surface area contributed by atoms with Crippen LogP contribution in [0.15, 0.2) is 0 Å². The maximum absolute atomic E-state index is 5.54. The normalized spacial score (nSPS) is 22.3. The average Bonchev–Trinajstić information content (AvgIpc) is 2.51. The minimum atomic E-state index is 0.645. The Kier molecular flexibility index (Phi) is 7.81. The Morgan fingerprint density at radius 2 is 2.19 bits per heavy atom. The quantitative estimate of drug-likeness (QED) is 0.679. The second kappa shape index (κ2) is 8.97. The first kappa shape index (κ1) is 13.9. The first-order valence-electron chi connectivity index (χ1n) is 6.68. The van der Waals surface area contributed by atoms with Crippen LogP contribution in [-0.2, 0) is 9.47 Å². The Balaban J connectivity index is 1.89. The molecule has 0 aromatic heterocycles. The van der Waals surface area contributed by atoms with Gasteiger partial charge in [-0.05, 0) is 38.1 Å². The van der Waals surface area contributed by atoms with Gasteiger partial charge in [-0.15, -0.1) is 0 Å². The van der Waals surface area contributed by atoms with Crippen molar-refractivity contribution in [3.05, 3.63) is 0 Å². The van der Waals surface area contributed by atoms with Gasteiger partial charge in [0.15, 0.2) is 0 Å². The fourth-order valence-corrected chi connectivity index (χ4v) is 1.91. The summed E-state index contributed by atoms with van der Waals surface area (Å²) in [5.41, 5.74) is 0. The van der Waals surface area contributed by atoms with Gasteiger partial charge in [-0.3, -0.25) is 0 Å². The molecule has 1 heterocycles. The third-order valence-electron chi connectivity index (χ3n) is 2.80. The smallest absolute Gasteiger partial charge is 0.0489 e. The second-order valence-electron chi connectivity index (χ2n) is 5.02. The molecule has 16 heavy (non-hydrogen) atoms. The Morgan fingerprint density at radius 1 is 1.31 bits per heavy atom. The van der Waals surface area contributed by atoms with E-state index in [9.17, 15) is 0 Å². The van der Waals surface area contributed by atoms with E-state index in [0.717, 1.165) is 45.8 Å². The van der Waals surface area contributed by atoms with E-state index in [1.807, 2.05) is 0 Å². The van der Waals surface area contributed by atoms with E-state index in [0.29, 0.717) is 12.0 Å². The van der Waals surface area contributed by atoms with Crippen molar-refractivity contribution in [3.8, 4) is 0 Å². The standard InChI is InChI=1S/C13H27NO2/c1-12(2)11-16-9-4-7-14-13-5-3-8-15-10-6-13/h12-14H,3-11H2,1-2H3. The summed E-state index contributed by atoms with van der Waals surface area (Å²) in [6.45, 7) is 9.07. The Morgan fingerprint density at radius 3 is 3.00 bits per heavy atom. The van der Waals surface area contributed by atoms with Crippen molar-refractivity contribution < 1.29 is 9.47 Å². The van der Waals surface area contributed by atoms with Crippen molar-refractivity contribution in [2.45, 2.75) is 45.6 Å². The van der Waals surface area contributed by atoms with Crippen molar-refractivity contribution >= 4 is 0 Å². The van der Waals surface area contributed by atoms with Crippen LogP contribution in [-0.4, -0.2) is 39.0 Å². The summed E-state index contributed by atoms with van der Waals surface area (Å²) in [7, 11) is 0. The molecule has 1 saturated heterocycles. The molecular weight excluding hydrogens is 202 g/mol. The Bertz CT molecular complexity index is 154. The van der Waals surface area contributed by atoms with Crippen molar-refractivity contribution in [1.82, 2.24) is 5.32 Å². The molecule has 1 atom stereocenters. The summed E-state index contributed by atoms with van der Waals surface area (Å²) in [5.74, 6) is 0.645. The van der Waals surface area contributed by atoms with E-state index < -0.39 is 0 Å². The van der Waals surface area contributed by atoms with Crippen molar-refractivity contribution in [2.75, 3.05) is 33.0 Å². The number of ether oxygens (including phenoxy) is 2. The molecular formula is C13H27NO2. The molecule has 1 N–H and O–H groups in total. The van der Waals surface area contributed by atoms with Crippen LogP contribution in [0.3, 0.4) is 0 Å². The lowest BCUT2D eigenvalue weighted by atomic mass is 10.1. The lowest BCUT2D eigenvalue weighted by molar-refractivity contribution is 0.107. The van der Waals surface area contributed by atoms with Gasteiger partial charge in [0.25, 0.3) is 0 Å². The molecule has 0 amide bonds. The molecule has 1 aliphatic heterocycles. The summed E-state index contributed by atoms with van der Waals surface area (Å²) >= 11 is 0. The molecule has 3 heteroatoms. The van der Waals surface area contributed by atoms with Gasteiger partial charge < -0.3 is 14.8 Å². The van der Waals surface area contributed by atoms with Crippen LogP contribution in [0.1, 0.15) is 39.5 Å². The van der Waals surface area contributed by atoms with Crippen LogP contribution >= 0.6 is 0 Å². The minimum absolute atomic E-state index is 0.645. The van der Waals surface area contributed by atoms with Gasteiger partial charge in [0.2, 0.25) is 0 Å². The maximum atomic E-state index is 5.54. The molecule has 0 saturated carbocycles. The Labute approximate surface area is 99.9 Å². The predicted octanol–water partition coefficient (Wildman–Crippen LogP) is 2.21. The van der Waals surface area contributed by atoms with Crippen LogP contribution in [0.4, 0.5) is 0 Å². The van der Waals surface area contributed by atoms with E-state index in [1.165, 1.54) is 12.8 Å². The van der Waals surface area contributed by atoms with Crippen molar-refractivity contribution in [2.24, 2.45) is 5.92 Å². The molecule has 96 valence electrons. The second-order valence-corrected chi connectivity index (χ2v) is 5.02. The highest BCUT2D eigenvalue weighted by molar-refractivity contribution is 4.68. The molecule has 3 nitrogen and oxygen atoms in total. The SMILES string of the molecule is CC(C)COCCCNC1CCCOCC1. The van der Waals surface area contributed by atoms with Gasteiger partial charge in [-0.1, -0.05) is 13.8 Å². The van der Waals surface area contributed by atoms with E-state index in [4.69, 9.17) is 9.47 Å². The van der Waals surface area contributed by atoms with E-state index in [-0.39, 0.29) is 0 Å². The average molecular weight is 229 g/mol. The molecule has 0 spiro atoms. The molecule has 0 aromatic carbocycles. The molecule has 0 radical (unpaired) electrons. The number of nitrogens with one attached hydrogen (secondary N) is 1. The molecule has 0 bridgehead atoms. The third-order valence-corrected chi connectivity index (χ3v) is 2.80. The van der Waals surface area contributed by atoms with Crippen molar-refractivity contribution in [3.63, 3.8) is 0 Å². The van der Waals surface area contributed by atoms with Gasteiger partial charge in [-0.25, -0.2) is 0 Å². The van der Waals surface area contributed by atoms with E-state index >= 15 is 0 Å². The Hall–Kier alpha value is -0.120. The molecule has 1 fully saturated rings. The van der Waals surface area contributed by atoms with Crippen LogP contribution in [0.25, 0.3) is 0 Å². The van der Waals surface area contributed by atoms with Gasteiger partial charge in [0, 0.05) is 32.5 Å². The summed E-state index contributed by atoms with van der Waals surface area (Å²) in [5, 5.41) is 3.59. The van der Waals surface area contributed by atoms with Crippen molar-refractivity contribution in [1.29, 1.82) is 0 Å². The third kappa shape index (κ3) is 7.20. The van der Waals surface area contributed by atoms with Crippen LogP contribution in [0, 0.1) is 5.92 Å². The number of hydrogen-bond acceptors (Lipinski definition) is 3. The number of hydrogen-bond donors (Lipinski definition) is 1. The van der Waals surface area contributed by atoms with Crippen LogP contribution < -0.4 is 5.32 Å². The minimum Gasteiger partial charge on any atom is -0.381 e. The van der Waals surface area contributed by atoms with Crippen LogP contribution in [0.2, 0.25) is 0 Å². The largest absolute Gasteiger partial charge is 0.381 e. The number of rotatable bonds is 7. The topological polar surface area (TPSA) is 30.5 Å². The fourth-order valence-electron chi connectivity index (χ4n) is 1.91. The zero-order chi connectivity index (χ0) is 11.6.